The van der Waals surface area contributed by atoms with E-state index in [1.807, 2.05) is 0 Å². The largest absolute Gasteiger partial charge is 0.490 e. The number of nitro groups is 1. The molecule has 1 aromatic heterocycles. The predicted octanol–water partition coefficient (Wildman–Crippen LogP) is 0.823. The Bertz CT molecular complexity index is 655. The van der Waals surface area contributed by atoms with Crippen LogP contribution in [0.1, 0.15) is 11.4 Å². The van der Waals surface area contributed by atoms with Gasteiger partial charge in [-0.3, -0.25) is 10.1 Å². The van der Waals surface area contributed by atoms with E-state index < -0.39 is 4.92 Å². The summed E-state index contributed by atoms with van der Waals surface area (Å²) >= 11 is 0. The van der Waals surface area contributed by atoms with E-state index in [-0.39, 0.29) is 24.7 Å². The lowest BCUT2D eigenvalue weighted by Crippen LogP contribution is -2.06. The van der Waals surface area contributed by atoms with Crippen LogP contribution >= 0.6 is 0 Å². The van der Waals surface area contributed by atoms with Crippen molar-refractivity contribution in [2.75, 3.05) is 14.2 Å². The molecule has 0 amide bonds. The van der Waals surface area contributed by atoms with Gasteiger partial charge in [0.1, 0.15) is 5.69 Å². The number of aliphatic hydroxyl groups excluding tert-OH is 1. The molecule has 0 aliphatic heterocycles. The first kappa shape index (κ1) is 14.9. The molecule has 0 spiro atoms. The van der Waals surface area contributed by atoms with Gasteiger partial charge in [-0.2, -0.15) is 0 Å². The van der Waals surface area contributed by atoms with Crippen molar-refractivity contribution < 1.29 is 19.5 Å². The fraction of sp³-hybridized carbons (Fsp3) is 0.333. The molecule has 9 heteroatoms. The lowest BCUT2D eigenvalue weighted by Gasteiger charge is -2.08. The van der Waals surface area contributed by atoms with Gasteiger partial charge in [0, 0.05) is 13.2 Å². The minimum atomic E-state index is -0.539. The van der Waals surface area contributed by atoms with Crippen LogP contribution in [0.3, 0.4) is 0 Å². The highest BCUT2D eigenvalue weighted by molar-refractivity contribution is 5.53. The first-order valence-corrected chi connectivity index (χ1v) is 5.98. The van der Waals surface area contributed by atoms with E-state index in [1.54, 1.807) is 6.07 Å². The highest BCUT2D eigenvalue weighted by atomic mass is 16.6. The molecule has 9 nitrogen and oxygen atoms in total. The summed E-state index contributed by atoms with van der Waals surface area (Å²) in [5, 5.41) is 28.0. The minimum absolute atomic E-state index is 0.152. The van der Waals surface area contributed by atoms with Crippen LogP contribution in [0.25, 0.3) is 5.69 Å². The smallest absolute Gasteiger partial charge is 0.313 e. The average molecular weight is 294 g/mol. The molecule has 2 rings (SSSR count). The van der Waals surface area contributed by atoms with Crippen molar-refractivity contribution in [1.82, 2.24) is 15.0 Å². The SMILES string of the molecule is COCc1c(CO)nnn1-c1ccc(OC)c([N+](=O)[O-])c1. The van der Waals surface area contributed by atoms with Crippen LogP contribution in [-0.2, 0) is 18.0 Å². The van der Waals surface area contributed by atoms with Crippen LogP contribution in [-0.4, -0.2) is 39.2 Å². The van der Waals surface area contributed by atoms with Crippen LogP contribution in [0.5, 0.6) is 5.75 Å². The van der Waals surface area contributed by atoms with Gasteiger partial charge in [0.25, 0.3) is 0 Å². The zero-order valence-corrected chi connectivity index (χ0v) is 11.5. The Morgan fingerprint density at radius 2 is 2.19 bits per heavy atom. The van der Waals surface area contributed by atoms with Gasteiger partial charge in [-0.1, -0.05) is 5.21 Å². The van der Waals surface area contributed by atoms with Gasteiger partial charge in [-0.25, -0.2) is 4.68 Å². The fourth-order valence-electron chi connectivity index (χ4n) is 1.90. The fourth-order valence-corrected chi connectivity index (χ4v) is 1.90. The van der Waals surface area contributed by atoms with E-state index in [1.165, 1.54) is 31.0 Å². The maximum Gasteiger partial charge on any atom is 0.313 e. The minimum Gasteiger partial charge on any atom is -0.490 e. The first-order chi connectivity index (χ1) is 10.1. The van der Waals surface area contributed by atoms with Crippen molar-refractivity contribution in [3.05, 3.63) is 39.7 Å². The molecule has 0 radical (unpaired) electrons. The van der Waals surface area contributed by atoms with Gasteiger partial charge in [0.2, 0.25) is 0 Å². The molecule has 1 heterocycles. The Morgan fingerprint density at radius 1 is 1.43 bits per heavy atom. The number of aromatic nitrogens is 3. The van der Waals surface area contributed by atoms with Gasteiger partial charge in [0.15, 0.2) is 5.75 Å². The summed E-state index contributed by atoms with van der Waals surface area (Å²) in [6, 6.07) is 4.42. The number of hydrogen-bond acceptors (Lipinski definition) is 7. The second kappa shape index (κ2) is 6.29. The standard InChI is InChI=1S/C12H14N4O5/c1-20-7-11-9(6-17)13-14-15(11)8-3-4-12(21-2)10(5-8)16(18)19/h3-5,17H,6-7H2,1-2H3. The predicted molar refractivity (Wildman–Crippen MR) is 71.2 cm³/mol. The molecule has 1 aromatic carbocycles. The molecule has 0 bridgehead atoms. The van der Waals surface area contributed by atoms with Crippen molar-refractivity contribution in [2.45, 2.75) is 13.2 Å². The molecule has 0 fully saturated rings. The summed E-state index contributed by atoms with van der Waals surface area (Å²) in [6.07, 6.45) is 0. The van der Waals surface area contributed by atoms with E-state index in [4.69, 9.17) is 9.47 Å². The first-order valence-electron chi connectivity index (χ1n) is 5.98. The van der Waals surface area contributed by atoms with Crippen LogP contribution in [0.15, 0.2) is 18.2 Å². The molecular formula is C12H14N4O5. The number of nitro benzene ring substituents is 1. The van der Waals surface area contributed by atoms with E-state index in [9.17, 15) is 15.2 Å². The number of nitrogens with zero attached hydrogens (tertiary/aromatic N) is 4. The van der Waals surface area contributed by atoms with Crippen molar-refractivity contribution in [3.63, 3.8) is 0 Å². The third-order valence-corrected chi connectivity index (χ3v) is 2.88. The summed E-state index contributed by atoms with van der Waals surface area (Å²) < 4.78 is 11.4. The van der Waals surface area contributed by atoms with E-state index in [0.717, 1.165) is 0 Å². The monoisotopic (exact) mass is 294 g/mol. The summed E-state index contributed by atoms with van der Waals surface area (Å²) in [5.41, 5.74) is 1.14. The maximum absolute atomic E-state index is 11.1. The molecule has 112 valence electrons. The van der Waals surface area contributed by atoms with E-state index in [0.29, 0.717) is 17.1 Å². The number of methoxy groups -OCH3 is 2. The number of rotatable bonds is 6. The molecule has 21 heavy (non-hydrogen) atoms. The van der Waals surface area contributed by atoms with Crippen LogP contribution in [0.4, 0.5) is 5.69 Å². The van der Waals surface area contributed by atoms with Gasteiger partial charge in [0.05, 0.1) is 36.6 Å². The highest BCUT2D eigenvalue weighted by Crippen LogP contribution is 2.29. The van der Waals surface area contributed by atoms with Crippen LogP contribution in [0, 0.1) is 10.1 Å². The van der Waals surface area contributed by atoms with E-state index >= 15 is 0 Å². The normalized spacial score (nSPS) is 10.6. The molecule has 0 saturated heterocycles. The van der Waals surface area contributed by atoms with Crippen molar-refractivity contribution in [3.8, 4) is 11.4 Å². The Labute approximate surface area is 119 Å². The van der Waals surface area contributed by atoms with Crippen molar-refractivity contribution in [1.29, 1.82) is 0 Å². The second-order valence-electron chi connectivity index (χ2n) is 4.10. The Hall–Kier alpha value is -2.52. The molecule has 0 atom stereocenters. The molecule has 1 N–H and O–H groups in total. The second-order valence-corrected chi connectivity index (χ2v) is 4.10. The zero-order chi connectivity index (χ0) is 15.4. The molecule has 0 unspecified atom stereocenters. The lowest BCUT2D eigenvalue weighted by atomic mass is 10.2. The van der Waals surface area contributed by atoms with Gasteiger partial charge in [-0.05, 0) is 12.1 Å². The van der Waals surface area contributed by atoms with Crippen LogP contribution in [0.2, 0.25) is 0 Å². The molecular weight excluding hydrogens is 280 g/mol. The molecule has 0 saturated carbocycles. The summed E-state index contributed by atoms with van der Waals surface area (Å²) in [7, 11) is 2.85. The Kier molecular flexibility index (Phi) is 4.45. The topological polar surface area (TPSA) is 113 Å². The number of benzene rings is 1. The third kappa shape index (κ3) is 2.83. The van der Waals surface area contributed by atoms with Gasteiger partial charge in [-0.15, -0.1) is 5.10 Å². The molecule has 0 aliphatic rings. The number of ether oxygens (including phenoxy) is 2. The lowest BCUT2D eigenvalue weighted by molar-refractivity contribution is -0.385. The van der Waals surface area contributed by atoms with Gasteiger partial charge < -0.3 is 14.6 Å². The van der Waals surface area contributed by atoms with E-state index in [2.05, 4.69) is 10.3 Å². The van der Waals surface area contributed by atoms with Crippen molar-refractivity contribution >= 4 is 5.69 Å². The highest BCUT2D eigenvalue weighted by Gasteiger charge is 2.19. The Morgan fingerprint density at radius 3 is 2.76 bits per heavy atom. The summed E-state index contributed by atoms with van der Waals surface area (Å²) in [5.74, 6) is 0.152. The maximum atomic E-state index is 11.1. The quantitative estimate of drug-likeness (QED) is 0.620. The summed E-state index contributed by atoms with van der Waals surface area (Å²) in [4.78, 5) is 10.5. The Balaban J connectivity index is 2.54. The van der Waals surface area contributed by atoms with Crippen molar-refractivity contribution in [2.24, 2.45) is 0 Å². The molecule has 2 aromatic rings. The zero-order valence-electron chi connectivity index (χ0n) is 11.5. The average Bonchev–Trinajstić information content (AvgIpc) is 2.89. The summed E-state index contributed by atoms with van der Waals surface area (Å²) in [6.45, 7) is -0.125. The number of aliphatic hydroxyl groups is 1. The number of hydrogen-bond donors (Lipinski definition) is 1. The molecule has 0 aliphatic carbocycles. The van der Waals surface area contributed by atoms with Gasteiger partial charge >= 0.3 is 5.69 Å². The van der Waals surface area contributed by atoms with Crippen LogP contribution < -0.4 is 4.74 Å². The third-order valence-electron chi connectivity index (χ3n) is 2.88.